The van der Waals surface area contributed by atoms with Gasteiger partial charge >= 0.3 is 0 Å². The summed E-state index contributed by atoms with van der Waals surface area (Å²) in [6.45, 7) is 9.93. The summed E-state index contributed by atoms with van der Waals surface area (Å²) in [5.41, 5.74) is 15.5. The number of halogens is 1. The number of aromatic nitrogens is 3. The van der Waals surface area contributed by atoms with Crippen LogP contribution < -0.4 is 16.2 Å². The number of nitrogen functional groups attached to an aromatic ring is 1. The zero-order valence-electron chi connectivity index (χ0n) is 25.4. The number of nitrogens with zero attached hydrogens (tertiary/aromatic N) is 6. The first kappa shape index (κ1) is 30.4. The molecule has 1 aromatic carbocycles. The highest BCUT2D eigenvalue weighted by atomic mass is 19.1. The van der Waals surface area contributed by atoms with Gasteiger partial charge < -0.3 is 26.0 Å². The Kier molecular flexibility index (Phi) is 8.71. The number of hydrogen-bond acceptors (Lipinski definition) is 8. The van der Waals surface area contributed by atoms with Crippen LogP contribution in [0.3, 0.4) is 0 Å². The van der Waals surface area contributed by atoms with E-state index in [-0.39, 0.29) is 35.5 Å². The normalized spacial score (nSPS) is 20.0. The lowest BCUT2D eigenvalue weighted by Gasteiger charge is -2.23. The van der Waals surface area contributed by atoms with E-state index in [1.807, 2.05) is 0 Å². The molecule has 5 rings (SSSR count). The minimum Gasteiger partial charge on any atom is -0.482 e. The molecule has 2 aliphatic heterocycles. The smallest absolute Gasteiger partial charge is 0.254 e. The van der Waals surface area contributed by atoms with Crippen molar-refractivity contribution in [2.45, 2.75) is 71.7 Å². The third-order valence-corrected chi connectivity index (χ3v) is 8.70. The number of fused-ring (bicyclic) bond motifs is 5. The molecular weight excluding hydrogens is 547 g/mol. The number of hydrogen-bond donors (Lipinski definition) is 2. The van der Waals surface area contributed by atoms with Crippen LogP contribution >= 0.6 is 0 Å². The molecule has 0 spiro atoms. The van der Waals surface area contributed by atoms with E-state index in [4.69, 9.17) is 21.3 Å². The highest BCUT2D eigenvalue weighted by Gasteiger charge is 2.36. The highest BCUT2D eigenvalue weighted by Crippen LogP contribution is 2.36. The zero-order chi connectivity index (χ0) is 30.9. The molecule has 3 aromatic rings. The number of likely N-dealkylation sites (tertiary alicyclic amines) is 1. The Bertz CT molecular complexity index is 1540. The Morgan fingerprint density at radius 3 is 2.63 bits per heavy atom. The van der Waals surface area contributed by atoms with Gasteiger partial charge in [-0.15, -0.1) is 0 Å². The molecule has 0 aliphatic carbocycles. The van der Waals surface area contributed by atoms with Gasteiger partial charge in [0.05, 0.1) is 12.2 Å². The van der Waals surface area contributed by atoms with E-state index in [9.17, 15) is 14.4 Å². The summed E-state index contributed by atoms with van der Waals surface area (Å²) in [6, 6.07) is 8.31. The number of carbonyl (C=O) groups is 1. The third kappa shape index (κ3) is 6.36. The average molecular weight is 589 g/mol. The van der Waals surface area contributed by atoms with Crippen molar-refractivity contribution in [3.05, 3.63) is 58.8 Å². The summed E-state index contributed by atoms with van der Waals surface area (Å²) < 4.78 is 22.1. The quantitative estimate of drug-likeness (QED) is 0.385. The minimum absolute atomic E-state index is 0.149. The molecule has 0 unspecified atom stereocenters. The molecule has 228 valence electrons. The van der Waals surface area contributed by atoms with Crippen molar-refractivity contribution in [2.24, 2.45) is 11.1 Å². The van der Waals surface area contributed by atoms with Crippen molar-refractivity contribution >= 4 is 11.7 Å². The predicted molar refractivity (Wildman–Crippen MR) is 162 cm³/mol. The maximum absolute atomic E-state index is 14.2. The molecule has 4 N–H and O–H groups in total. The number of nitrogens with two attached hydrogens (primary N) is 2. The number of aryl methyl sites for hydroxylation is 1. The van der Waals surface area contributed by atoms with Crippen LogP contribution in [0, 0.1) is 22.6 Å². The van der Waals surface area contributed by atoms with Crippen LogP contribution in [0.5, 0.6) is 5.75 Å². The first-order valence-corrected chi connectivity index (χ1v) is 14.9. The van der Waals surface area contributed by atoms with E-state index in [1.165, 1.54) is 23.1 Å². The Hall–Kier alpha value is -4.01. The van der Waals surface area contributed by atoms with Crippen molar-refractivity contribution in [1.82, 2.24) is 24.6 Å². The molecule has 0 radical (unpaired) electrons. The van der Waals surface area contributed by atoms with E-state index in [0.717, 1.165) is 45.3 Å². The molecule has 1 saturated heterocycles. The topological polar surface area (TPSA) is 139 Å². The second-order valence-corrected chi connectivity index (χ2v) is 12.5. The molecule has 4 heterocycles. The summed E-state index contributed by atoms with van der Waals surface area (Å²) in [5, 5.41) is 15.1. The summed E-state index contributed by atoms with van der Waals surface area (Å²) in [7, 11) is 1.67. The van der Waals surface area contributed by atoms with Crippen LogP contribution in [-0.4, -0.2) is 63.2 Å². The number of nitriles is 1. The van der Waals surface area contributed by atoms with Gasteiger partial charge in [0.2, 0.25) is 0 Å². The summed E-state index contributed by atoms with van der Waals surface area (Å²) >= 11 is 0. The standard InChI is InChI=1S/C32H41FN8O2/c1-20-24-14-22(33)9-10-23(24)31(42)39(4)17-25-29(21-13-27(43-20)30(36)37-16-21)26(15-34)41(38-25)12-8-6-5-7-11-40-18-28(35)32(2,3)19-40/h9-10,13-14,16,20,28H,5-8,11-12,17-19,35H2,1-4H3,(H2,36,37)/t20-,28+/m1/s1. The Balaban J connectivity index is 1.37. The van der Waals surface area contributed by atoms with Gasteiger partial charge in [0.25, 0.3) is 5.91 Å². The van der Waals surface area contributed by atoms with Crippen LogP contribution in [0.2, 0.25) is 0 Å². The zero-order valence-corrected chi connectivity index (χ0v) is 25.4. The lowest BCUT2D eigenvalue weighted by molar-refractivity contribution is 0.0778. The van der Waals surface area contributed by atoms with Crippen molar-refractivity contribution in [1.29, 1.82) is 5.26 Å². The largest absolute Gasteiger partial charge is 0.482 e. The van der Waals surface area contributed by atoms with Crippen molar-refractivity contribution < 1.29 is 13.9 Å². The van der Waals surface area contributed by atoms with E-state index in [0.29, 0.717) is 40.2 Å². The summed E-state index contributed by atoms with van der Waals surface area (Å²) in [4.78, 5) is 21.9. The lowest BCUT2D eigenvalue weighted by atomic mass is 9.89. The van der Waals surface area contributed by atoms with E-state index in [1.54, 1.807) is 30.9 Å². The monoisotopic (exact) mass is 588 g/mol. The van der Waals surface area contributed by atoms with Gasteiger partial charge in [-0.1, -0.05) is 26.7 Å². The molecular formula is C32H41FN8O2. The SMILES string of the molecule is C[C@H]1Oc2cc(cnc2N)-c2c(nn(CCCCCCN3C[C@H](N)C(C)(C)C3)c2C#N)CN(C)C(=O)c2ccc(F)cc21. The highest BCUT2D eigenvalue weighted by molar-refractivity contribution is 5.96. The molecule has 1 amide bonds. The molecule has 0 saturated carbocycles. The van der Waals surface area contributed by atoms with E-state index < -0.39 is 11.9 Å². The summed E-state index contributed by atoms with van der Waals surface area (Å²) in [6.07, 6.45) is 4.94. The van der Waals surface area contributed by atoms with Gasteiger partial charge in [-0.2, -0.15) is 10.4 Å². The van der Waals surface area contributed by atoms with Crippen LogP contribution in [0.25, 0.3) is 11.1 Å². The fourth-order valence-electron chi connectivity index (χ4n) is 6.11. The van der Waals surface area contributed by atoms with Crippen LogP contribution in [-0.2, 0) is 13.1 Å². The van der Waals surface area contributed by atoms with Gasteiger partial charge in [-0.25, -0.2) is 9.37 Å². The first-order valence-electron chi connectivity index (χ1n) is 14.9. The molecule has 1 fully saturated rings. The van der Waals surface area contributed by atoms with Gasteiger partial charge in [0.1, 0.15) is 23.7 Å². The molecule has 2 aliphatic rings. The number of amides is 1. The fourth-order valence-corrected chi connectivity index (χ4v) is 6.11. The third-order valence-electron chi connectivity index (χ3n) is 8.70. The Morgan fingerprint density at radius 2 is 1.93 bits per heavy atom. The summed E-state index contributed by atoms with van der Waals surface area (Å²) in [5.74, 6) is -0.338. The number of pyridine rings is 1. The molecule has 2 atom stereocenters. The van der Waals surface area contributed by atoms with Gasteiger partial charge in [-0.05, 0) is 56.0 Å². The van der Waals surface area contributed by atoms with Crippen molar-refractivity contribution in [3.8, 4) is 22.9 Å². The average Bonchev–Trinajstić information content (AvgIpc) is 3.44. The van der Waals surface area contributed by atoms with Crippen LogP contribution in [0.4, 0.5) is 10.2 Å². The number of carbonyl (C=O) groups excluding carboxylic acids is 1. The molecule has 10 nitrogen and oxygen atoms in total. The van der Waals surface area contributed by atoms with E-state index in [2.05, 4.69) is 29.8 Å². The maximum Gasteiger partial charge on any atom is 0.254 e. The number of anilines is 1. The molecule has 2 aromatic heterocycles. The van der Waals surface area contributed by atoms with Gasteiger partial charge in [-0.3, -0.25) is 9.48 Å². The fraction of sp³-hybridized carbons (Fsp3) is 0.500. The molecule has 11 heteroatoms. The van der Waals surface area contributed by atoms with Crippen molar-refractivity contribution in [3.63, 3.8) is 0 Å². The predicted octanol–water partition coefficient (Wildman–Crippen LogP) is 4.49. The first-order chi connectivity index (χ1) is 20.5. The molecule has 43 heavy (non-hydrogen) atoms. The number of unbranched alkanes of at least 4 members (excludes halogenated alkanes) is 3. The Morgan fingerprint density at radius 1 is 1.19 bits per heavy atom. The maximum atomic E-state index is 14.2. The number of rotatable bonds is 7. The van der Waals surface area contributed by atoms with Gasteiger partial charge in [0.15, 0.2) is 11.6 Å². The number of ether oxygens (including phenoxy) is 1. The second kappa shape index (κ2) is 12.3. The van der Waals surface area contributed by atoms with E-state index >= 15 is 0 Å². The van der Waals surface area contributed by atoms with Crippen LogP contribution in [0.15, 0.2) is 30.5 Å². The van der Waals surface area contributed by atoms with Gasteiger partial charge in [0, 0.05) is 61.2 Å². The Labute approximate surface area is 252 Å². The van der Waals surface area contributed by atoms with Crippen LogP contribution in [0.1, 0.15) is 79.9 Å². The molecule has 2 bridgehead atoms. The van der Waals surface area contributed by atoms with Crippen molar-refractivity contribution in [2.75, 3.05) is 32.4 Å². The minimum atomic E-state index is -0.687. The lowest BCUT2D eigenvalue weighted by Crippen LogP contribution is -2.35. The number of benzene rings is 1. The second-order valence-electron chi connectivity index (χ2n) is 12.5.